The Balaban J connectivity index is 1.51. The van der Waals surface area contributed by atoms with E-state index in [0.717, 1.165) is 17.0 Å². The number of para-hydroxylation sites is 1. The van der Waals surface area contributed by atoms with Crippen molar-refractivity contribution in [1.29, 1.82) is 0 Å². The quantitative estimate of drug-likeness (QED) is 0.883. The van der Waals surface area contributed by atoms with E-state index in [9.17, 15) is 4.79 Å². The van der Waals surface area contributed by atoms with Gasteiger partial charge in [-0.3, -0.25) is 0 Å². The van der Waals surface area contributed by atoms with Gasteiger partial charge >= 0.3 is 6.03 Å². The zero-order valence-electron chi connectivity index (χ0n) is 14.2. The average Bonchev–Trinajstić information content (AvgIpc) is 3.20. The van der Waals surface area contributed by atoms with Gasteiger partial charge in [-0.15, -0.1) is 0 Å². The highest BCUT2D eigenvalue weighted by Crippen LogP contribution is 2.35. The number of nitrogens with one attached hydrogen (secondary N) is 2. The van der Waals surface area contributed by atoms with Gasteiger partial charge < -0.3 is 19.9 Å². The number of nitrogens with zero attached hydrogens (tertiary/aromatic N) is 1. The third kappa shape index (κ3) is 3.53. The van der Waals surface area contributed by atoms with Crippen LogP contribution in [-0.4, -0.2) is 23.8 Å². The maximum atomic E-state index is 12.1. The zero-order valence-corrected chi connectivity index (χ0v) is 14.2. The smallest absolute Gasteiger partial charge is 0.315 e. The number of carbonyl (C=O) groups is 1. The largest absolute Gasteiger partial charge is 0.493 e. The molecule has 1 aromatic heterocycles. The maximum Gasteiger partial charge on any atom is 0.315 e. The molecule has 0 saturated carbocycles. The highest BCUT2D eigenvalue weighted by Gasteiger charge is 2.29. The lowest BCUT2D eigenvalue weighted by molar-refractivity contribution is 0.231. The van der Waals surface area contributed by atoms with Gasteiger partial charge in [-0.2, -0.15) is 0 Å². The molecule has 6 heteroatoms. The van der Waals surface area contributed by atoms with Crippen molar-refractivity contribution in [3.63, 3.8) is 0 Å². The van der Waals surface area contributed by atoms with E-state index in [1.165, 1.54) is 0 Å². The van der Waals surface area contributed by atoms with Crippen LogP contribution in [0.1, 0.15) is 49.6 Å². The first kappa shape index (κ1) is 16.4. The summed E-state index contributed by atoms with van der Waals surface area (Å²) in [4.78, 5) is 12.1. The second-order valence-electron chi connectivity index (χ2n) is 6.44. The molecule has 0 radical (unpaired) electrons. The Morgan fingerprint density at radius 2 is 2.12 bits per heavy atom. The molecule has 0 saturated heterocycles. The Labute approximate surface area is 141 Å². The molecule has 2 atom stereocenters. The van der Waals surface area contributed by atoms with E-state index in [0.29, 0.717) is 24.8 Å². The summed E-state index contributed by atoms with van der Waals surface area (Å²) in [6.07, 6.45) is 0. The van der Waals surface area contributed by atoms with E-state index in [4.69, 9.17) is 9.26 Å². The first-order chi connectivity index (χ1) is 11.5. The summed E-state index contributed by atoms with van der Waals surface area (Å²) in [5.74, 6) is 2.01. The first-order valence-electron chi connectivity index (χ1n) is 8.26. The Bertz CT molecular complexity index is 711. The summed E-state index contributed by atoms with van der Waals surface area (Å²) in [6, 6.07) is 9.56. The fourth-order valence-corrected chi connectivity index (χ4v) is 2.81. The molecule has 2 N–H and O–H groups in total. The monoisotopic (exact) mass is 329 g/mol. The van der Waals surface area contributed by atoms with Crippen LogP contribution in [-0.2, 0) is 6.54 Å². The van der Waals surface area contributed by atoms with Gasteiger partial charge in [0.1, 0.15) is 5.75 Å². The number of hydrogen-bond acceptors (Lipinski definition) is 4. The molecular weight excluding hydrogens is 306 g/mol. The van der Waals surface area contributed by atoms with Crippen LogP contribution in [0.5, 0.6) is 5.75 Å². The summed E-state index contributed by atoms with van der Waals surface area (Å²) in [5.41, 5.74) is 2.03. The summed E-state index contributed by atoms with van der Waals surface area (Å²) in [5, 5.41) is 9.75. The summed E-state index contributed by atoms with van der Waals surface area (Å²) in [7, 11) is 0. The highest BCUT2D eigenvalue weighted by atomic mass is 16.5. The first-order valence-corrected chi connectivity index (χ1v) is 8.26. The topological polar surface area (TPSA) is 76.4 Å². The Morgan fingerprint density at radius 3 is 2.88 bits per heavy atom. The third-order valence-corrected chi connectivity index (χ3v) is 4.29. The van der Waals surface area contributed by atoms with Gasteiger partial charge in [0.2, 0.25) is 0 Å². The number of urea groups is 1. The van der Waals surface area contributed by atoms with Gasteiger partial charge in [-0.1, -0.05) is 37.2 Å². The molecule has 2 heterocycles. The lowest BCUT2D eigenvalue weighted by Gasteiger charge is -2.20. The predicted octanol–water partition coefficient (Wildman–Crippen LogP) is 3.16. The number of fused-ring (bicyclic) bond motifs is 1. The van der Waals surface area contributed by atoms with Crippen molar-refractivity contribution in [3.8, 4) is 5.75 Å². The van der Waals surface area contributed by atoms with Crippen molar-refractivity contribution in [3.05, 3.63) is 47.3 Å². The van der Waals surface area contributed by atoms with Gasteiger partial charge in [0, 0.05) is 23.6 Å². The molecule has 0 bridgehead atoms. The minimum Gasteiger partial charge on any atom is -0.493 e. The Hall–Kier alpha value is -2.50. The van der Waals surface area contributed by atoms with Crippen molar-refractivity contribution >= 4 is 6.03 Å². The van der Waals surface area contributed by atoms with Crippen LogP contribution < -0.4 is 15.4 Å². The number of carbonyl (C=O) groups excluding carboxylic acids is 1. The van der Waals surface area contributed by atoms with Gasteiger partial charge in [-0.25, -0.2) is 4.79 Å². The number of hydrogen-bond donors (Lipinski definition) is 2. The molecule has 24 heavy (non-hydrogen) atoms. The molecule has 128 valence electrons. The molecule has 0 aliphatic carbocycles. The van der Waals surface area contributed by atoms with Crippen LogP contribution in [0.25, 0.3) is 0 Å². The van der Waals surface area contributed by atoms with Crippen LogP contribution in [0.2, 0.25) is 0 Å². The van der Waals surface area contributed by atoms with Crippen molar-refractivity contribution in [2.75, 3.05) is 6.61 Å². The van der Waals surface area contributed by atoms with E-state index in [1.807, 2.05) is 51.1 Å². The minimum absolute atomic E-state index is 0.0328. The zero-order chi connectivity index (χ0) is 17.1. The van der Waals surface area contributed by atoms with Gasteiger partial charge in [0.25, 0.3) is 0 Å². The van der Waals surface area contributed by atoms with Crippen molar-refractivity contribution in [1.82, 2.24) is 15.8 Å². The van der Waals surface area contributed by atoms with Gasteiger partial charge in [-0.05, 0) is 18.9 Å². The molecular formula is C18H23N3O3. The lowest BCUT2D eigenvalue weighted by Crippen LogP contribution is -2.43. The predicted molar refractivity (Wildman–Crippen MR) is 90.1 cm³/mol. The standard InChI is InChI=1S/C18H23N3O3/c1-11(2)16-8-13(24-21-16)9-19-18(22)20-12(3)15-10-23-17-7-5-4-6-14(15)17/h4-8,11-12,15H,9-10H2,1-3H3,(H2,19,20,22). The average molecular weight is 329 g/mol. The molecule has 1 aromatic carbocycles. The van der Waals surface area contributed by atoms with Crippen LogP contribution in [0.15, 0.2) is 34.9 Å². The molecule has 2 amide bonds. The van der Waals surface area contributed by atoms with Crippen LogP contribution in [0.3, 0.4) is 0 Å². The van der Waals surface area contributed by atoms with E-state index >= 15 is 0 Å². The molecule has 0 spiro atoms. The van der Waals surface area contributed by atoms with Crippen molar-refractivity contribution in [2.45, 2.75) is 45.2 Å². The molecule has 1 aliphatic heterocycles. The number of rotatable bonds is 5. The van der Waals surface area contributed by atoms with Crippen LogP contribution in [0.4, 0.5) is 4.79 Å². The van der Waals surface area contributed by atoms with Crippen molar-refractivity contribution in [2.24, 2.45) is 0 Å². The van der Waals surface area contributed by atoms with E-state index < -0.39 is 0 Å². The van der Waals surface area contributed by atoms with E-state index in [1.54, 1.807) is 0 Å². The van der Waals surface area contributed by atoms with E-state index in [2.05, 4.69) is 15.8 Å². The summed E-state index contributed by atoms with van der Waals surface area (Å²) < 4.78 is 10.9. The van der Waals surface area contributed by atoms with Crippen LogP contribution >= 0.6 is 0 Å². The molecule has 0 fully saturated rings. The minimum atomic E-state index is -0.227. The molecule has 3 rings (SSSR count). The molecule has 6 nitrogen and oxygen atoms in total. The molecule has 2 aromatic rings. The van der Waals surface area contributed by atoms with E-state index in [-0.39, 0.29) is 18.0 Å². The summed E-state index contributed by atoms with van der Waals surface area (Å²) in [6.45, 7) is 6.98. The second kappa shape index (κ2) is 6.95. The Kier molecular flexibility index (Phi) is 4.74. The second-order valence-corrected chi connectivity index (χ2v) is 6.44. The number of amides is 2. The normalized spacial score (nSPS) is 17.2. The molecule has 2 unspecified atom stereocenters. The fraction of sp³-hybridized carbons (Fsp3) is 0.444. The third-order valence-electron chi connectivity index (χ3n) is 4.29. The highest BCUT2D eigenvalue weighted by molar-refractivity contribution is 5.74. The Morgan fingerprint density at radius 1 is 1.33 bits per heavy atom. The molecule has 1 aliphatic rings. The van der Waals surface area contributed by atoms with Crippen molar-refractivity contribution < 1.29 is 14.1 Å². The maximum absolute atomic E-state index is 12.1. The SMILES string of the molecule is CC(C)c1cc(CNC(=O)NC(C)C2COc3ccccc32)on1. The summed E-state index contributed by atoms with van der Waals surface area (Å²) >= 11 is 0. The fourth-order valence-electron chi connectivity index (χ4n) is 2.81. The number of aromatic nitrogens is 1. The lowest BCUT2D eigenvalue weighted by atomic mass is 9.94. The van der Waals surface area contributed by atoms with Crippen LogP contribution in [0, 0.1) is 0 Å². The van der Waals surface area contributed by atoms with Gasteiger partial charge in [0.15, 0.2) is 5.76 Å². The number of benzene rings is 1. The number of ether oxygens (including phenoxy) is 1. The van der Waals surface area contributed by atoms with Gasteiger partial charge in [0.05, 0.1) is 18.8 Å².